The molecule has 0 fully saturated rings. The summed E-state index contributed by atoms with van der Waals surface area (Å²) in [5, 5.41) is 10.4. The van der Waals surface area contributed by atoms with E-state index in [2.05, 4.69) is 0 Å². The molecule has 0 aromatic heterocycles. The molecule has 0 aliphatic rings. The summed E-state index contributed by atoms with van der Waals surface area (Å²) in [5.74, 6) is -0.394. The van der Waals surface area contributed by atoms with Gasteiger partial charge in [0.15, 0.2) is 5.78 Å². The van der Waals surface area contributed by atoms with Gasteiger partial charge in [-0.15, -0.1) is 0 Å². The van der Waals surface area contributed by atoms with Gasteiger partial charge in [0.2, 0.25) is 0 Å². The molecular formula is C12H13NO4. The fraction of sp³-hybridized carbons (Fsp3) is 0.333. The Labute approximate surface area is 98.6 Å². The zero-order chi connectivity index (χ0) is 12.8. The molecule has 0 radical (unpaired) electrons. The molecule has 0 bridgehead atoms. The SMILES string of the molecule is CCCC(=O)CC(=O)c1ccc([N+](=O)[O-])cc1. The van der Waals surface area contributed by atoms with E-state index in [0.717, 1.165) is 0 Å². The number of hydrogen-bond donors (Lipinski definition) is 0. The number of benzene rings is 1. The van der Waals surface area contributed by atoms with Crippen molar-refractivity contribution in [3.05, 3.63) is 39.9 Å². The van der Waals surface area contributed by atoms with Gasteiger partial charge in [0.05, 0.1) is 11.3 Å². The lowest BCUT2D eigenvalue weighted by molar-refractivity contribution is -0.384. The first-order chi connectivity index (χ1) is 8.04. The van der Waals surface area contributed by atoms with Gasteiger partial charge in [-0.1, -0.05) is 6.92 Å². The highest BCUT2D eigenvalue weighted by molar-refractivity contribution is 6.07. The van der Waals surface area contributed by atoms with Crippen LogP contribution in [0.25, 0.3) is 0 Å². The van der Waals surface area contributed by atoms with Gasteiger partial charge in [-0.3, -0.25) is 19.7 Å². The van der Waals surface area contributed by atoms with E-state index >= 15 is 0 Å². The number of carbonyl (C=O) groups is 2. The second-order valence-electron chi connectivity index (χ2n) is 3.69. The van der Waals surface area contributed by atoms with Crippen LogP contribution in [0, 0.1) is 10.1 Å². The van der Waals surface area contributed by atoms with Crippen molar-refractivity contribution in [2.24, 2.45) is 0 Å². The molecule has 0 unspecified atom stereocenters. The maximum absolute atomic E-state index is 11.6. The third kappa shape index (κ3) is 3.79. The first-order valence-corrected chi connectivity index (χ1v) is 5.34. The molecule has 5 heteroatoms. The van der Waals surface area contributed by atoms with Crippen molar-refractivity contribution in [1.29, 1.82) is 0 Å². The lowest BCUT2D eigenvalue weighted by Crippen LogP contribution is -2.07. The quantitative estimate of drug-likeness (QED) is 0.328. The fourth-order valence-electron chi connectivity index (χ4n) is 1.42. The van der Waals surface area contributed by atoms with E-state index < -0.39 is 4.92 Å². The van der Waals surface area contributed by atoms with Crippen LogP contribution in [0.5, 0.6) is 0 Å². The van der Waals surface area contributed by atoms with E-state index in [4.69, 9.17) is 0 Å². The maximum atomic E-state index is 11.6. The molecule has 0 atom stereocenters. The Balaban J connectivity index is 2.70. The highest BCUT2D eigenvalue weighted by Crippen LogP contribution is 2.13. The summed E-state index contributed by atoms with van der Waals surface area (Å²) in [6.45, 7) is 1.87. The minimum absolute atomic E-state index is 0.0681. The zero-order valence-corrected chi connectivity index (χ0v) is 9.51. The fourth-order valence-corrected chi connectivity index (χ4v) is 1.42. The van der Waals surface area contributed by atoms with Gasteiger partial charge in [0, 0.05) is 24.1 Å². The zero-order valence-electron chi connectivity index (χ0n) is 9.51. The Morgan fingerprint density at radius 1 is 1.24 bits per heavy atom. The standard InChI is InChI=1S/C12H13NO4/c1-2-3-11(14)8-12(15)9-4-6-10(7-5-9)13(16)17/h4-7H,2-3,8H2,1H3. The van der Waals surface area contributed by atoms with Crippen molar-refractivity contribution in [3.8, 4) is 0 Å². The van der Waals surface area contributed by atoms with E-state index in [0.29, 0.717) is 18.4 Å². The van der Waals surface area contributed by atoms with Crippen LogP contribution in [0.1, 0.15) is 36.5 Å². The second-order valence-corrected chi connectivity index (χ2v) is 3.69. The summed E-state index contributed by atoms with van der Waals surface area (Å²) in [7, 11) is 0. The minimum Gasteiger partial charge on any atom is -0.299 e. The molecule has 17 heavy (non-hydrogen) atoms. The topological polar surface area (TPSA) is 77.3 Å². The highest BCUT2D eigenvalue weighted by atomic mass is 16.6. The van der Waals surface area contributed by atoms with Crippen LogP contribution in [0.15, 0.2) is 24.3 Å². The number of nitro benzene ring substituents is 1. The molecule has 90 valence electrons. The summed E-state index contributed by atoms with van der Waals surface area (Å²) in [4.78, 5) is 32.8. The van der Waals surface area contributed by atoms with Gasteiger partial charge >= 0.3 is 0 Å². The Hall–Kier alpha value is -2.04. The summed E-state index contributed by atoms with van der Waals surface area (Å²) in [5.41, 5.74) is 0.265. The monoisotopic (exact) mass is 235 g/mol. The van der Waals surface area contributed by atoms with Gasteiger partial charge in [0.1, 0.15) is 5.78 Å². The molecule has 0 saturated heterocycles. The molecule has 0 N–H and O–H groups in total. The Morgan fingerprint density at radius 2 is 1.82 bits per heavy atom. The predicted octanol–water partition coefficient (Wildman–Crippen LogP) is 2.54. The van der Waals surface area contributed by atoms with E-state index in [1.54, 1.807) is 0 Å². The number of ketones is 2. The number of nitrogens with zero attached hydrogens (tertiary/aromatic N) is 1. The van der Waals surface area contributed by atoms with Crippen molar-refractivity contribution < 1.29 is 14.5 Å². The summed E-state index contributed by atoms with van der Waals surface area (Å²) in [6, 6.07) is 5.27. The van der Waals surface area contributed by atoms with Gasteiger partial charge in [-0.25, -0.2) is 0 Å². The Kier molecular flexibility index (Phi) is 4.51. The molecule has 1 aromatic carbocycles. The van der Waals surface area contributed by atoms with Crippen LogP contribution in [0.3, 0.4) is 0 Å². The van der Waals surface area contributed by atoms with E-state index in [1.807, 2.05) is 6.92 Å². The van der Waals surface area contributed by atoms with Gasteiger partial charge in [-0.2, -0.15) is 0 Å². The molecule has 0 saturated carbocycles. The van der Waals surface area contributed by atoms with Crippen molar-refractivity contribution in [2.45, 2.75) is 26.2 Å². The molecule has 0 aliphatic carbocycles. The first-order valence-electron chi connectivity index (χ1n) is 5.34. The number of carbonyl (C=O) groups excluding carboxylic acids is 2. The molecule has 0 aliphatic heterocycles. The lowest BCUT2D eigenvalue weighted by atomic mass is 10.0. The Bertz CT molecular complexity index is 436. The summed E-state index contributed by atoms with van der Waals surface area (Å²) in [6.07, 6.45) is 0.969. The highest BCUT2D eigenvalue weighted by Gasteiger charge is 2.12. The summed E-state index contributed by atoms with van der Waals surface area (Å²) >= 11 is 0. The van der Waals surface area contributed by atoms with E-state index in [9.17, 15) is 19.7 Å². The molecule has 1 aromatic rings. The molecule has 0 spiro atoms. The van der Waals surface area contributed by atoms with E-state index in [1.165, 1.54) is 24.3 Å². The van der Waals surface area contributed by atoms with E-state index in [-0.39, 0.29) is 23.7 Å². The third-order valence-electron chi connectivity index (χ3n) is 2.29. The second kappa shape index (κ2) is 5.89. The van der Waals surface area contributed by atoms with Crippen LogP contribution >= 0.6 is 0 Å². The van der Waals surface area contributed by atoms with Crippen molar-refractivity contribution >= 4 is 17.3 Å². The number of nitro groups is 1. The van der Waals surface area contributed by atoms with Crippen molar-refractivity contribution in [1.82, 2.24) is 0 Å². The smallest absolute Gasteiger partial charge is 0.269 e. The van der Waals surface area contributed by atoms with Crippen LogP contribution in [-0.4, -0.2) is 16.5 Å². The van der Waals surface area contributed by atoms with Gasteiger partial charge < -0.3 is 0 Å². The normalized spacial score (nSPS) is 9.94. The lowest BCUT2D eigenvalue weighted by Gasteiger charge is -1.99. The largest absolute Gasteiger partial charge is 0.299 e. The number of hydrogen-bond acceptors (Lipinski definition) is 4. The van der Waals surface area contributed by atoms with Gasteiger partial charge in [-0.05, 0) is 18.6 Å². The third-order valence-corrected chi connectivity index (χ3v) is 2.29. The maximum Gasteiger partial charge on any atom is 0.269 e. The molecular weight excluding hydrogens is 222 g/mol. The number of rotatable bonds is 6. The van der Waals surface area contributed by atoms with Crippen molar-refractivity contribution in [2.75, 3.05) is 0 Å². The molecule has 0 heterocycles. The predicted molar refractivity (Wildman–Crippen MR) is 62.0 cm³/mol. The molecule has 1 rings (SSSR count). The van der Waals surface area contributed by atoms with Gasteiger partial charge in [0.25, 0.3) is 5.69 Å². The summed E-state index contributed by atoms with van der Waals surface area (Å²) < 4.78 is 0. The van der Waals surface area contributed by atoms with Crippen molar-refractivity contribution in [3.63, 3.8) is 0 Å². The van der Waals surface area contributed by atoms with Crippen LogP contribution in [-0.2, 0) is 4.79 Å². The number of non-ortho nitro benzene ring substituents is 1. The number of Topliss-reactive ketones (excluding diaryl/α,β-unsaturated/α-hetero) is 2. The molecule has 5 nitrogen and oxygen atoms in total. The Morgan fingerprint density at radius 3 is 2.29 bits per heavy atom. The average Bonchev–Trinajstić information content (AvgIpc) is 2.29. The molecule has 0 amide bonds. The van der Waals surface area contributed by atoms with Crippen LogP contribution in [0.2, 0.25) is 0 Å². The minimum atomic E-state index is -0.531. The first kappa shape index (κ1) is 13.0. The van der Waals surface area contributed by atoms with Crippen LogP contribution in [0.4, 0.5) is 5.69 Å². The average molecular weight is 235 g/mol. The van der Waals surface area contributed by atoms with Crippen LogP contribution < -0.4 is 0 Å².